The molecule has 0 aliphatic rings. The van der Waals surface area contributed by atoms with Gasteiger partial charge in [0.2, 0.25) is 0 Å². The van der Waals surface area contributed by atoms with Crippen LogP contribution >= 0.6 is 11.6 Å². The first-order valence-electron chi connectivity index (χ1n) is 7.69. The summed E-state index contributed by atoms with van der Waals surface area (Å²) < 4.78 is 2.10. The largest absolute Gasteiger partial charge is 0.324 e. The molecule has 1 aromatic heterocycles. The smallest absolute Gasteiger partial charge is 0.0672 e. The van der Waals surface area contributed by atoms with Crippen molar-refractivity contribution in [2.24, 2.45) is 5.73 Å². The SMILES string of the molecule is CCc1nn(Cc2ccc(Cl)cc2)c(CC)c1C(N)CC. The average Bonchev–Trinajstić information content (AvgIpc) is 2.86. The van der Waals surface area contributed by atoms with Gasteiger partial charge in [-0.2, -0.15) is 5.10 Å². The van der Waals surface area contributed by atoms with E-state index in [4.69, 9.17) is 22.4 Å². The molecule has 4 heteroatoms. The van der Waals surface area contributed by atoms with Crippen LogP contribution in [0.15, 0.2) is 24.3 Å². The lowest BCUT2D eigenvalue weighted by Gasteiger charge is -2.12. The standard InChI is InChI=1S/C17H24ClN3/c1-4-14(19)17-15(5-2)20-21(16(17)6-3)11-12-7-9-13(18)10-8-12/h7-10,14H,4-6,11,19H2,1-3H3. The molecule has 2 aromatic rings. The molecule has 0 saturated heterocycles. The topological polar surface area (TPSA) is 43.8 Å². The van der Waals surface area contributed by atoms with E-state index in [9.17, 15) is 0 Å². The van der Waals surface area contributed by atoms with Crippen molar-refractivity contribution in [3.8, 4) is 0 Å². The van der Waals surface area contributed by atoms with Crippen LogP contribution in [0.2, 0.25) is 5.02 Å². The number of aryl methyl sites for hydroxylation is 1. The van der Waals surface area contributed by atoms with Gasteiger partial charge in [-0.05, 0) is 37.0 Å². The molecule has 0 amide bonds. The second-order valence-corrected chi connectivity index (χ2v) is 5.75. The third kappa shape index (κ3) is 3.47. The molecular formula is C17H24ClN3. The van der Waals surface area contributed by atoms with Crippen LogP contribution in [0, 0.1) is 0 Å². The van der Waals surface area contributed by atoms with Crippen LogP contribution in [0.1, 0.15) is 55.7 Å². The van der Waals surface area contributed by atoms with Crippen LogP contribution in [0.4, 0.5) is 0 Å². The number of nitrogens with two attached hydrogens (primary N) is 1. The molecule has 2 rings (SSSR count). The van der Waals surface area contributed by atoms with E-state index in [1.54, 1.807) is 0 Å². The Morgan fingerprint density at radius 3 is 2.33 bits per heavy atom. The van der Waals surface area contributed by atoms with Crippen LogP contribution in [0.25, 0.3) is 0 Å². The lowest BCUT2D eigenvalue weighted by molar-refractivity contribution is 0.632. The van der Waals surface area contributed by atoms with Crippen LogP contribution in [-0.2, 0) is 19.4 Å². The molecule has 0 radical (unpaired) electrons. The molecule has 1 atom stereocenters. The summed E-state index contributed by atoms with van der Waals surface area (Å²) in [4.78, 5) is 0. The van der Waals surface area contributed by atoms with Gasteiger partial charge in [0.25, 0.3) is 0 Å². The Hall–Kier alpha value is -1.32. The van der Waals surface area contributed by atoms with E-state index in [-0.39, 0.29) is 6.04 Å². The Labute approximate surface area is 132 Å². The van der Waals surface area contributed by atoms with E-state index >= 15 is 0 Å². The Balaban J connectivity index is 2.39. The normalized spacial score (nSPS) is 12.6. The monoisotopic (exact) mass is 305 g/mol. The minimum absolute atomic E-state index is 0.0777. The zero-order valence-electron chi connectivity index (χ0n) is 13.1. The quantitative estimate of drug-likeness (QED) is 0.872. The molecule has 1 unspecified atom stereocenters. The van der Waals surface area contributed by atoms with Crippen LogP contribution in [0.3, 0.4) is 0 Å². The predicted molar refractivity (Wildman–Crippen MR) is 88.8 cm³/mol. The summed E-state index contributed by atoms with van der Waals surface area (Å²) in [6.07, 6.45) is 2.81. The molecule has 1 heterocycles. The van der Waals surface area contributed by atoms with Gasteiger partial charge in [-0.3, -0.25) is 4.68 Å². The summed E-state index contributed by atoms with van der Waals surface area (Å²) in [5, 5.41) is 5.55. The van der Waals surface area contributed by atoms with E-state index < -0.39 is 0 Å². The van der Waals surface area contributed by atoms with Gasteiger partial charge in [0, 0.05) is 22.3 Å². The van der Waals surface area contributed by atoms with Gasteiger partial charge in [0.05, 0.1) is 12.2 Å². The zero-order chi connectivity index (χ0) is 15.4. The fourth-order valence-electron chi connectivity index (χ4n) is 2.73. The second-order valence-electron chi connectivity index (χ2n) is 5.31. The Bertz CT molecular complexity index is 587. The molecule has 0 fully saturated rings. The van der Waals surface area contributed by atoms with Crippen molar-refractivity contribution >= 4 is 11.6 Å². The van der Waals surface area contributed by atoms with Crippen molar-refractivity contribution in [3.63, 3.8) is 0 Å². The highest BCUT2D eigenvalue weighted by Gasteiger charge is 2.19. The van der Waals surface area contributed by atoms with Crippen LogP contribution < -0.4 is 5.73 Å². The number of aromatic nitrogens is 2. The maximum Gasteiger partial charge on any atom is 0.0672 e. The number of hydrogen-bond acceptors (Lipinski definition) is 2. The van der Waals surface area contributed by atoms with Crippen LogP contribution in [0.5, 0.6) is 0 Å². The summed E-state index contributed by atoms with van der Waals surface area (Å²) in [6, 6.07) is 8.02. The maximum atomic E-state index is 6.30. The number of nitrogens with zero attached hydrogens (tertiary/aromatic N) is 2. The van der Waals surface area contributed by atoms with Gasteiger partial charge < -0.3 is 5.73 Å². The second kappa shape index (κ2) is 7.10. The molecule has 0 bridgehead atoms. The van der Waals surface area contributed by atoms with Crippen LogP contribution in [-0.4, -0.2) is 9.78 Å². The third-order valence-corrected chi connectivity index (χ3v) is 4.15. The number of rotatable bonds is 6. The average molecular weight is 306 g/mol. The highest BCUT2D eigenvalue weighted by Crippen LogP contribution is 2.25. The maximum absolute atomic E-state index is 6.30. The summed E-state index contributed by atoms with van der Waals surface area (Å²) in [6.45, 7) is 7.20. The molecule has 0 saturated carbocycles. The van der Waals surface area contributed by atoms with Gasteiger partial charge in [-0.15, -0.1) is 0 Å². The summed E-state index contributed by atoms with van der Waals surface area (Å²) in [5.74, 6) is 0. The van der Waals surface area contributed by atoms with E-state index in [0.717, 1.165) is 36.5 Å². The fraction of sp³-hybridized carbons (Fsp3) is 0.471. The van der Waals surface area contributed by atoms with Crippen molar-refractivity contribution in [2.75, 3.05) is 0 Å². The highest BCUT2D eigenvalue weighted by atomic mass is 35.5. The predicted octanol–water partition coefficient (Wildman–Crippen LogP) is 4.12. The highest BCUT2D eigenvalue weighted by molar-refractivity contribution is 6.30. The minimum Gasteiger partial charge on any atom is -0.324 e. The number of halogens is 1. The first-order chi connectivity index (χ1) is 10.1. The Morgan fingerprint density at radius 2 is 1.81 bits per heavy atom. The van der Waals surface area contributed by atoms with Crippen molar-refractivity contribution in [2.45, 2.75) is 52.6 Å². The Kier molecular flexibility index (Phi) is 5.43. The zero-order valence-corrected chi connectivity index (χ0v) is 13.8. The van der Waals surface area contributed by atoms with Crippen molar-refractivity contribution in [3.05, 3.63) is 51.8 Å². The number of hydrogen-bond donors (Lipinski definition) is 1. The lowest BCUT2D eigenvalue weighted by atomic mass is 10.00. The molecule has 114 valence electrons. The van der Waals surface area contributed by atoms with E-state index in [1.807, 2.05) is 12.1 Å². The third-order valence-electron chi connectivity index (χ3n) is 3.90. The van der Waals surface area contributed by atoms with Crippen molar-refractivity contribution in [1.82, 2.24) is 9.78 Å². The van der Waals surface area contributed by atoms with E-state index in [1.165, 1.54) is 16.8 Å². The van der Waals surface area contributed by atoms with Gasteiger partial charge in [-0.1, -0.05) is 44.5 Å². The molecule has 21 heavy (non-hydrogen) atoms. The molecule has 0 aliphatic heterocycles. The number of benzene rings is 1. The van der Waals surface area contributed by atoms with Gasteiger partial charge in [0.1, 0.15) is 0 Å². The first-order valence-corrected chi connectivity index (χ1v) is 8.06. The molecule has 1 aromatic carbocycles. The van der Waals surface area contributed by atoms with E-state index in [0.29, 0.717) is 0 Å². The molecule has 0 aliphatic carbocycles. The fourth-order valence-corrected chi connectivity index (χ4v) is 2.85. The lowest BCUT2D eigenvalue weighted by Crippen LogP contribution is -2.13. The minimum atomic E-state index is 0.0777. The molecule has 2 N–H and O–H groups in total. The van der Waals surface area contributed by atoms with Crippen molar-refractivity contribution < 1.29 is 0 Å². The van der Waals surface area contributed by atoms with Crippen molar-refractivity contribution in [1.29, 1.82) is 0 Å². The van der Waals surface area contributed by atoms with Gasteiger partial charge in [-0.25, -0.2) is 0 Å². The molecular weight excluding hydrogens is 282 g/mol. The first kappa shape index (κ1) is 16.1. The molecule has 3 nitrogen and oxygen atoms in total. The Morgan fingerprint density at radius 1 is 1.14 bits per heavy atom. The summed E-state index contributed by atoms with van der Waals surface area (Å²) in [5.41, 5.74) is 11.1. The summed E-state index contributed by atoms with van der Waals surface area (Å²) in [7, 11) is 0. The molecule has 0 spiro atoms. The summed E-state index contributed by atoms with van der Waals surface area (Å²) >= 11 is 5.95. The van der Waals surface area contributed by atoms with Gasteiger partial charge >= 0.3 is 0 Å². The van der Waals surface area contributed by atoms with E-state index in [2.05, 4.69) is 37.6 Å². The van der Waals surface area contributed by atoms with Gasteiger partial charge in [0.15, 0.2) is 0 Å².